The zero-order chi connectivity index (χ0) is 19.2. The molecule has 0 radical (unpaired) electrons. The molecule has 2 aliphatic rings. The predicted molar refractivity (Wildman–Crippen MR) is 105 cm³/mol. The van der Waals surface area contributed by atoms with E-state index in [2.05, 4.69) is 36.1 Å². The maximum absolute atomic E-state index is 14.1. The van der Waals surface area contributed by atoms with Crippen molar-refractivity contribution in [2.45, 2.75) is 50.1 Å². The van der Waals surface area contributed by atoms with Crippen molar-refractivity contribution in [1.29, 1.82) is 0 Å². The maximum Gasteiger partial charge on any atom is 0.245 e. The minimum absolute atomic E-state index is 0.208. The van der Waals surface area contributed by atoms with Gasteiger partial charge in [-0.25, -0.2) is 12.8 Å². The number of aryl methyl sites for hydroxylation is 1. The molecule has 2 aromatic carbocycles. The van der Waals surface area contributed by atoms with Gasteiger partial charge in [0, 0.05) is 30.9 Å². The van der Waals surface area contributed by atoms with Gasteiger partial charge in [0.15, 0.2) is 0 Å². The molecule has 2 heterocycles. The third-order valence-corrected chi connectivity index (χ3v) is 7.70. The smallest absolute Gasteiger partial charge is 0.245 e. The Hall–Kier alpha value is -1.92. The van der Waals surface area contributed by atoms with Crippen LogP contribution in [0.25, 0.3) is 0 Å². The first-order valence-electron chi connectivity index (χ1n) is 9.50. The predicted octanol–water partition coefficient (Wildman–Crippen LogP) is 3.74. The summed E-state index contributed by atoms with van der Waals surface area (Å²) >= 11 is 0. The van der Waals surface area contributed by atoms with E-state index in [0.29, 0.717) is 25.2 Å². The van der Waals surface area contributed by atoms with Crippen LogP contribution in [0.4, 0.5) is 10.1 Å². The molecular weight excluding hydrogens is 363 g/mol. The number of sulfonamides is 1. The van der Waals surface area contributed by atoms with E-state index in [9.17, 15) is 12.8 Å². The van der Waals surface area contributed by atoms with Gasteiger partial charge in [0.1, 0.15) is 10.7 Å². The van der Waals surface area contributed by atoms with Gasteiger partial charge in [-0.05, 0) is 62.4 Å². The summed E-state index contributed by atoms with van der Waals surface area (Å²) in [6, 6.07) is 13.4. The Balaban J connectivity index is 1.52. The topological polar surface area (TPSA) is 40.6 Å². The Morgan fingerprint density at radius 1 is 1.07 bits per heavy atom. The number of nitrogens with zero attached hydrogens (tertiary/aromatic N) is 2. The molecule has 0 spiro atoms. The second-order valence-corrected chi connectivity index (χ2v) is 9.56. The van der Waals surface area contributed by atoms with Crippen molar-refractivity contribution in [2.24, 2.45) is 0 Å². The lowest BCUT2D eigenvalue weighted by Gasteiger charge is -2.39. The monoisotopic (exact) mass is 388 g/mol. The number of fused-ring (bicyclic) bond motifs is 1. The Bertz CT molecular complexity index is 952. The molecule has 2 aliphatic heterocycles. The van der Waals surface area contributed by atoms with Gasteiger partial charge in [-0.3, -0.25) is 0 Å². The SMILES string of the molecule is Cc1ccc(F)c(S(=O)(=O)N2CCC(N3c4ccccc4CC3C)CC2)c1. The highest BCUT2D eigenvalue weighted by Crippen LogP contribution is 2.36. The number of rotatable bonds is 3. The van der Waals surface area contributed by atoms with Crippen molar-refractivity contribution < 1.29 is 12.8 Å². The van der Waals surface area contributed by atoms with E-state index < -0.39 is 15.8 Å². The zero-order valence-corrected chi connectivity index (χ0v) is 16.5. The lowest BCUT2D eigenvalue weighted by Crippen LogP contribution is -2.48. The van der Waals surface area contributed by atoms with E-state index >= 15 is 0 Å². The molecular formula is C21H25FN2O2S. The van der Waals surface area contributed by atoms with Crippen LogP contribution in [-0.4, -0.2) is 37.9 Å². The Morgan fingerprint density at radius 3 is 2.52 bits per heavy atom. The van der Waals surface area contributed by atoms with Crippen molar-refractivity contribution in [1.82, 2.24) is 4.31 Å². The van der Waals surface area contributed by atoms with E-state index in [-0.39, 0.29) is 4.90 Å². The van der Waals surface area contributed by atoms with Gasteiger partial charge in [0.2, 0.25) is 10.0 Å². The molecule has 0 aliphatic carbocycles. The Morgan fingerprint density at radius 2 is 1.78 bits per heavy atom. The van der Waals surface area contributed by atoms with Crippen LogP contribution >= 0.6 is 0 Å². The van der Waals surface area contributed by atoms with Crippen LogP contribution in [-0.2, 0) is 16.4 Å². The van der Waals surface area contributed by atoms with Crippen molar-refractivity contribution in [3.63, 3.8) is 0 Å². The number of anilines is 1. The van der Waals surface area contributed by atoms with Crippen LogP contribution in [0.5, 0.6) is 0 Å². The lowest BCUT2D eigenvalue weighted by molar-refractivity contribution is 0.304. The lowest BCUT2D eigenvalue weighted by atomic mass is 10.0. The molecule has 0 amide bonds. The summed E-state index contributed by atoms with van der Waals surface area (Å²) in [5.74, 6) is -0.676. The molecule has 2 aromatic rings. The largest absolute Gasteiger partial charge is 0.365 e. The summed E-state index contributed by atoms with van der Waals surface area (Å²) in [5.41, 5.74) is 3.38. The minimum Gasteiger partial charge on any atom is -0.365 e. The van der Waals surface area contributed by atoms with Gasteiger partial charge in [-0.15, -0.1) is 0 Å². The molecule has 144 valence electrons. The molecule has 1 atom stereocenters. The third-order valence-electron chi connectivity index (χ3n) is 5.78. The number of halogens is 1. The Kier molecular flexibility index (Phi) is 4.72. The average molecular weight is 389 g/mol. The number of piperidine rings is 1. The molecule has 27 heavy (non-hydrogen) atoms. The number of hydrogen-bond acceptors (Lipinski definition) is 3. The van der Waals surface area contributed by atoms with Gasteiger partial charge >= 0.3 is 0 Å². The molecule has 0 N–H and O–H groups in total. The van der Waals surface area contributed by atoms with E-state index in [1.165, 1.54) is 27.7 Å². The molecule has 1 unspecified atom stereocenters. The summed E-state index contributed by atoms with van der Waals surface area (Å²) in [4.78, 5) is 2.24. The van der Waals surface area contributed by atoms with Crippen molar-refractivity contribution in [2.75, 3.05) is 18.0 Å². The van der Waals surface area contributed by atoms with Crippen molar-refractivity contribution >= 4 is 15.7 Å². The molecule has 4 nitrogen and oxygen atoms in total. The van der Waals surface area contributed by atoms with Crippen LogP contribution in [0.2, 0.25) is 0 Å². The molecule has 6 heteroatoms. The maximum atomic E-state index is 14.1. The third kappa shape index (κ3) is 3.25. The van der Waals surface area contributed by atoms with Crippen LogP contribution in [0, 0.1) is 12.7 Å². The highest BCUT2D eigenvalue weighted by molar-refractivity contribution is 7.89. The summed E-state index contributed by atoms with van der Waals surface area (Å²) in [5, 5.41) is 0. The summed E-state index contributed by atoms with van der Waals surface area (Å²) in [6.07, 6.45) is 2.54. The number of hydrogen-bond donors (Lipinski definition) is 0. The van der Waals surface area contributed by atoms with Crippen LogP contribution in [0.1, 0.15) is 30.9 Å². The molecule has 4 rings (SSSR count). The van der Waals surface area contributed by atoms with Crippen LogP contribution < -0.4 is 4.90 Å². The quantitative estimate of drug-likeness (QED) is 0.804. The normalized spacial score (nSPS) is 21.4. The standard InChI is InChI=1S/C21H25FN2O2S/c1-15-7-8-19(22)21(13-15)27(25,26)23-11-9-18(10-12-23)24-16(2)14-17-5-3-4-6-20(17)24/h3-8,13,16,18H,9-12,14H2,1-2H3. The van der Waals surface area contributed by atoms with E-state index in [1.54, 1.807) is 13.0 Å². The molecule has 1 fully saturated rings. The molecule has 0 saturated carbocycles. The van der Waals surface area contributed by atoms with Crippen LogP contribution in [0.15, 0.2) is 47.4 Å². The van der Waals surface area contributed by atoms with Gasteiger partial charge in [-0.2, -0.15) is 4.31 Å². The molecule has 0 aromatic heterocycles. The first-order chi connectivity index (χ1) is 12.9. The fourth-order valence-electron chi connectivity index (χ4n) is 4.45. The first-order valence-corrected chi connectivity index (χ1v) is 10.9. The van der Waals surface area contributed by atoms with Crippen molar-refractivity contribution in [3.8, 4) is 0 Å². The van der Waals surface area contributed by atoms with E-state index in [0.717, 1.165) is 24.8 Å². The molecule has 0 bridgehead atoms. The van der Waals surface area contributed by atoms with Gasteiger partial charge in [0.05, 0.1) is 0 Å². The Labute approximate surface area is 160 Å². The number of benzene rings is 2. The average Bonchev–Trinajstić information content (AvgIpc) is 2.99. The van der Waals surface area contributed by atoms with E-state index in [1.807, 2.05) is 0 Å². The second-order valence-electron chi connectivity index (χ2n) is 7.66. The minimum atomic E-state index is -3.80. The van der Waals surface area contributed by atoms with Gasteiger partial charge in [-0.1, -0.05) is 24.3 Å². The number of para-hydroxylation sites is 1. The zero-order valence-electron chi connectivity index (χ0n) is 15.7. The fourth-order valence-corrected chi connectivity index (χ4v) is 6.07. The second kappa shape index (κ2) is 6.91. The van der Waals surface area contributed by atoms with Gasteiger partial charge < -0.3 is 4.90 Å². The van der Waals surface area contributed by atoms with Crippen molar-refractivity contribution in [3.05, 3.63) is 59.4 Å². The highest BCUT2D eigenvalue weighted by Gasteiger charge is 2.37. The van der Waals surface area contributed by atoms with Crippen LogP contribution in [0.3, 0.4) is 0 Å². The first kappa shape index (κ1) is 18.4. The summed E-state index contributed by atoms with van der Waals surface area (Å²) < 4.78 is 41.4. The summed E-state index contributed by atoms with van der Waals surface area (Å²) in [7, 11) is -3.80. The fraction of sp³-hybridized carbons (Fsp3) is 0.429. The summed E-state index contributed by atoms with van der Waals surface area (Å²) in [6.45, 7) is 4.85. The molecule has 1 saturated heterocycles. The highest BCUT2D eigenvalue weighted by atomic mass is 32.2. The van der Waals surface area contributed by atoms with E-state index in [4.69, 9.17) is 0 Å². The van der Waals surface area contributed by atoms with Gasteiger partial charge in [0.25, 0.3) is 0 Å².